The van der Waals surface area contributed by atoms with Gasteiger partial charge in [-0.1, -0.05) is 36.4 Å². The summed E-state index contributed by atoms with van der Waals surface area (Å²) in [6, 6.07) is 15.5. The first-order valence-corrected chi connectivity index (χ1v) is 9.94. The maximum absolute atomic E-state index is 12.8. The zero-order valence-electron chi connectivity index (χ0n) is 17.1. The van der Waals surface area contributed by atoms with Crippen molar-refractivity contribution in [3.05, 3.63) is 66.7 Å². The number of anilines is 2. The number of ether oxygens (including phenoxy) is 1. The second-order valence-corrected chi connectivity index (χ2v) is 7.95. The Morgan fingerprint density at radius 1 is 1.24 bits per heavy atom. The Hall–Kier alpha value is -3.08. The fourth-order valence-electron chi connectivity index (χ4n) is 3.36. The van der Waals surface area contributed by atoms with Gasteiger partial charge in [0.1, 0.15) is 12.4 Å². The summed E-state index contributed by atoms with van der Waals surface area (Å²) in [4.78, 5) is 26.9. The molecular formula is C24H28N2O3. The third kappa shape index (κ3) is 5.05. The number of hydrogen-bond donors (Lipinski definition) is 1. The third-order valence-electron chi connectivity index (χ3n) is 4.97. The molecule has 0 saturated heterocycles. The number of carbonyl (C=O) groups excluding carboxylic acids is 2. The van der Waals surface area contributed by atoms with Crippen molar-refractivity contribution in [3.8, 4) is 5.75 Å². The summed E-state index contributed by atoms with van der Waals surface area (Å²) in [5.41, 5.74) is 1.96. The number of nitrogens with one attached hydrogen (secondary N) is 1. The minimum absolute atomic E-state index is 0.00570. The van der Waals surface area contributed by atoms with Gasteiger partial charge in [-0.25, -0.2) is 0 Å². The average molecular weight is 392 g/mol. The van der Waals surface area contributed by atoms with E-state index in [4.69, 9.17) is 4.74 Å². The van der Waals surface area contributed by atoms with Crippen LogP contribution in [0.2, 0.25) is 0 Å². The van der Waals surface area contributed by atoms with Crippen LogP contribution in [0.4, 0.5) is 11.4 Å². The van der Waals surface area contributed by atoms with Gasteiger partial charge >= 0.3 is 0 Å². The lowest BCUT2D eigenvalue weighted by molar-refractivity contribution is -0.127. The van der Waals surface area contributed by atoms with Crippen molar-refractivity contribution in [2.45, 2.75) is 33.1 Å². The van der Waals surface area contributed by atoms with Gasteiger partial charge in [0, 0.05) is 24.7 Å². The van der Waals surface area contributed by atoms with Crippen molar-refractivity contribution in [2.24, 2.45) is 5.41 Å². The van der Waals surface area contributed by atoms with E-state index < -0.39 is 5.41 Å². The number of hydrogen-bond acceptors (Lipinski definition) is 3. The molecule has 0 spiro atoms. The second kappa shape index (κ2) is 8.95. The highest BCUT2D eigenvalue weighted by Crippen LogP contribution is 2.38. The van der Waals surface area contributed by atoms with Crippen LogP contribution in [0.1, 0.15) is 32.3 Å². The van der Waals surface area contributed by atoms with Crippen LogP contribution in [-0.2, 0) is 16.0 Å². The fourth-order valence-corrected chi connectivity index (χ4v) is 3.36. The number of rotatable bonds is 7. The first-order valence-electron chi connectivity index (χ1n) is 9.94. The molecule has 5 nitrogen and oxygen atoms in total. The Balaban J connectivity index is 1.66. The summed E-state index contributed by atoms with van der Waals surface area (Å²) in [7, 11) is 0. The SMILES string of the molecule is C=CCN1C(=O)C(C)(C)COc2cc(NC(=O)CCCc3ccccc3)ccc21. The van der Waals surface area contributed by atoms with Gasteiger partial charge in [0.15, 0.2) is 0 Å². The molecular weight excluding hydrogens is 364 g/mol. The lowest BCUT2D eigenvalue weighted by atomic mass is 9.93. The van der Waals surface area contributed by atoms with Crippen molar-refractivity contribution < 1.29 is 14.3 Å². The van der Waals surface area contributed by atoms with Crippen molar-refractivity contribution in [2.75, 3.05) is 23.4 Å². The van der Waals surface area contributed by atoms with E-state index in [1.165, 1.54) is 5.56 Å². The molecule has 2 aromatic rings. The zero-order chi connectivity index (χ0) is 20.9. The van der Waals surface area contributed by atoms with E-state index in [1.807, 2.05) is 38.1 Å². The topological polar surface area (TPSA) is 58.6 Å². The molecule has 2 amide bonds. The van der Waals surface area contributed by atoms with Crippen LogP contribution in [0.5, 0.6) is 5.75 Å². The number of carbonyl (C=O) groups is 2. The van der Waals surface area contributed by atoms with Gasteiger partial charge in [0.2, 0.25) is 11.8 Å². The number of aryl methyl sites for hydroxylation is 1. The number of nitrogens with zero attached hydrogens (tertiary/aromatic N) is 1. The molecule has 29 heavy (non-hydrogen) atoms. The summed E-state index contributed by atoms with van der Waals surface area (Å²) in [6.45, 7) is 8.18. The first kappa shape index (κ1) is 20.6. The highest BCUT2D eigenvalue weighted by Gasteiger charge is 2.37. The van der Waals surface area contributed by atoms with Crippen molar-refractivity contribution in [3.63, 3.8) is 0 Å². The van der Waals surface area contributed by atoms with E-state index >= 15 is 0 Å². The first-order chi connectivity index (χ1) is 13.9. The summed E-state index contributed by atoms with van der Waals surface area (Å²) < 4.78 is 5.92. The fraction of sp³-hybridized carbons (Fsp3) is 0.333. The molecule has 3 rings (SSSR count). The predicted molar refractivity (Wildman–Crippen MR) is 116 cm³/mol. The monoisotopic (exact) mass is 392 g/mol. The molecule has 2 aromatic carbocycles. The van der Waals surface area contributed by atoms with Gasteiger partial charge in [-0.05, 0) is 44.4 Å². The smallest absolute Gasteiger partial charge is 0.236 e. The van der Waals surface area contributed by atoms with Gasteiger partial charge < -0.3 is 15.0 Å². The lowest BCUT2D eigenvalue weighted by Gasteiger charge is -2.27. The molecule has 1 aliphatic heterocycles. The molecule has 1 heterocycles. The predicted octanol–water partition coefficient (Wildman–Crippen LogP) is 4.59. The van der Waals surface area contributed by atoms with E-state index in [0.717, 1.165) is 12.8 Å². The van der Waals surface area contributed by atoms with E-state index in [0.29, 0.717) is 30.1 Å². The van der Waals surface area contributed by atoms with Crippen LogP contribution in [0.3, 0.4) is 0 Å². The number of amides is 2. The lowest BCUT2D eigenvalue weighted by Crippen LogP contribution is -2.42. The van der Waals surface area contributed by atoms with Crippen molar-refractivity contribution >= 4 is 23.2 Å². The highest BCUT2D eigenvalue weighted by molar-refractivity contribution is 6.00. The van der Waals surface area contributed by atoms with Gasteiger partial charge in [-0.2, -0.15) is 0 Å². The molecule has 0 unspecified atom stereocenters. The Morgan fingerprint density at radius 3 is 2.72 bits per heavy atom. The molecule has 152 valence electrons. The summed E-state index contributed by atoms with van der Waals surface area (Å²) in [5, 5.41) is 2.93. The van der Waals surface area contributed by atoms with E-state index in [1.54, 1.807) is 23.1 Å². The van der Waals surface area contributed by atoms with Gasteiger partial charge in [0.05, 0.1) is 11.1 Å². The molecule has 1 N–H and O–H groups in total. The largest absolute Gasteiger partial charge is 0.490 e. The van der Waals surface area contributed by atoms with Crippen LogP contribution in [0, 0.1) is 5.41 Å². The van der Waals surface area contributed by atoms with Crippen LogP contribution in [0.15, 0.2) is 61.2 Å². The average Bonchev–Trinajstić information content (AvgIpc) is 2.79. The molecule has 0 saturated carbocycles. The quantitative estimate of drug-likeness (QED) is 0.702. The second-order valence-electron chi connectivity index (χ2n) is 7.95. The van der Waals surface area contributed by atoms with Crippen LogP contribution in [0.25, 0.3) is 0 Å². The van der Waals surface area contributed by atoms with Crippen molar-refractivity contribution in [1.82, 2.24) is 0 Å². The molecule has 0 radical (unpaired) electrons. The number of fused-ring (bicyclic) bond motifs is 1. The molecule has 0 aromatic heterocycles. The maximum atomic E-state index is 12.8. The third-order valence-corrected chi connectivity index (χ3v) is 4.97. The molecule has 1 aliphatic rings. The van der Waals surface area contributed by atoms with E-state index in [-0.39, 0.29) is 18.4 Å². The van der Waals surface area contributed by atoms with Gasteiger partial charge in [0.25, 0.3) is 0 Å². The highest BCUT2D eigenvalue weighted by atomic mass is 16.5. The van der Waals surface area contributed by atoms with Gasteiger partial charge in [-0.15, -0.1) is 6.58 Å². The zero-order valence-corrected chi connectivity index (χ0v) is 17.1. The molecule has 5 heteroatoms. The van der Waals surface area contributed by atoms with E-state index in [9.17, 15) is 9.59 Å². The van der Waals surface area contributed by atoms with Crippen LogP contribution >= 0.6 is 0 Å². The van der Waals surface area contributed by atoms with E-state index in [2.05, 4.69) is 24.0 Å². The van der Waals surface area contributed by atoms with Crippen LogP contribution in [-0.4, -0.2) is 25.0 Å². The molecule has 0 atom stereocenters. The Kier molecular flexibility index (Phi) is 6.37. The normalized spacial score (nSPS) is 15.1. The summed E-state index contributed by atoms with van der Waals surface area (Å²) >= 11 is 0. The molecule has 0 aliphatic carbocycles. The number of benzene rings is 2. The van der Waals surface area contributed by atoms with Crippen LogP contribution < -0.4 is 15.0 Å². The molecule has 0 fully saturated rings. The Labute approximate surface area is 172 Å². The minimum Gasteiger partial charge on any atom is -0.490 e. The maximum Gasteiger partial charge on any atom is 0.236 e. The summed E-state index contributed by atoms with van der Waals surface area (Å²) in [5.74, 6) is 0.551. The standard InChI is InChI=1S/C24H28N2O3/c1-4-15-26-20-14-13-19(16-21(20)29-17-24(2,3)23(26)28)25-22(27)12-8-11-18-9-6-5-7-10-18/h4-7,9-10,13-14,16H,1,8,11-12,15,17H2,2-3H3,(H,25,27). The Bertz CT molecular complexity index is 890. The summed E-state index contributed by atoms with van der Waals surface area (Å²) in [6.07, 6.45) is 3.80. The van der Waals surface area contributed by atoms with Crippen molar-refractivity contribution in [1.29, 1.82) is 0 Å². The molecule has 0 bridgehead atoms. The Morgan fingerprint density at radius 2 is 2.00 bits per heavy atom. The minimum atomic E-state index is -0.636. The van der Waals surface area contributed by atoms with Gasteiger partial charge in [-0.3, -0.25) is 9.59 Å².